The number of rotatable bonds is 9. The molecular weight excluding hydrogens is 152 g/mol. The van der Waals surface area contributed by atoms with Gasteiger partial charge in [-0.25, -0.2) is 4.89 Å². The summed E-state index contributed by atoms with van der Waals surface area (Å²) in [5.74, 6) is 0. The van der Waals surface area contributed by atoms with Crippen molar-refractivity contribution in [3.05, 3.63) is 0 Å². The van der Waals surface area contributed by atoms with Crippen LogP contribution in [0.15, 0.2) is 0 Å². The van der Waals surface area contributed by atoms with Crippen LogP contribution in [0.1, 0.15) is 58.3 Å². The van der Waals surface area contributed by atoms with E-state index in [1.165, 1.54) is 44.9 Å². The van der Waals surface area contributed by atoms with E-state index < -0.39 is 0 Å². The highest BCUT2D eigenvalue weighted by Gasteiger charge is 1.90. The molecule has 0 heterocycles. The molecule has 74 valence electrons. The highest BCUT2D eigenvalue weighted by atomic mass is 17.1. The second-order valence-electron chi connectivity index (χ2n) is 3.31. The van der Waals surface area contributed by atoms with E-state index in [1.807, 2.05) is 0 Å². The second-order valence-corrected chi connectivity index (χ2v) is 3.31. The monoisotopic (exact) mass is 174 g/mol. The van der Waals surface area contributed by atoms with Crippen LogP contribution < -0.4 is 0 Å². The van der Waals surface area contributed by atoms with Gasteiger partial charge in [-0.15, -0.1) is 0 Å². The van der Waals surface area contributed by atoms with Crippen molar-refractivity contribution < 1.29 is 10.1 Å². The van der Waals surface area contributed by atoms with Crippen LogP contribution in [0, 0.1) is 0 Å². The molecule has 0 saturated heterocycles. The topological polar surface area (TPSA) is 29.5 Å². The van der Waals surface area contributed by atoms with Crippen molar-refractivity contribution in [3.63, 3.8) is 0 Å². The predicted octanol–water partition coefficient (Wildman–Crippen LogP) is 3.62. The van der Waals surface area contributed by atoms with Crippen LogP contribution in [-0.2, 0) is 4.89 Å². The third kappa shape index (κ3) is 9.92. The maximum absolute atomic E-state index is 8.04. The van der Waals surface area contributed by atoms with Crippen molar-refractivity contribution in [2.24, 2.45) is 0 Å². The molecule has 0 bridgehead atoms. The minimum absolute atomic E-state index is 0.495. The lowest BCUT2D eigenvalue weighted by molar-refractivity contribution is -0.242. The Balaban J connectivity index is 2.73. The lowest BCUT2D eigenvalue weighted by atomic mass is 10.1. The molecule has 0 saturated carbocycles. The Hall–Kier alpha value is -0.0800. The minimum atomic E-state index is 0.495. The molecule has 0 amide bonds. The summed E-state index contributed by atoms with van der Waals surface area (Å²) < 4.78 is 0. The third-order valence-electron chi connectivity index (χ3n) is 2.09. The highest BCUT2D eigenvalue weighted by molar-refractivity contribution is 4.44. The molecule has 0 aliphatic carbocycles. The molecule has 0 aliphatic rings. The van der Waals surface area contributed by atoms with Crippen LogP contribution in [-0.4, -0.2) is 11.9 Å². The van der Waals surface area contributed by atoms with E-state index in [0.29, 0.717) is 6.61 Å². The van der Waals surface area contributed by atoms with Gasteiger partial charge < -0.3 is 0 Å². The normalized spacial score (nSPS) is 10.5. The van der Waals surface area contributed by atoms with Crippen molar-refractivity contribution >= 4 is 0 Å². The van der Waals surface area contributed by atoms with Crippen molar-refractivity contribution in [2.75, 3.05) is 6.61 Å². The molecule has 1 N–H and O–H groups in total. The molecule has 2 heteroatoms. The van der Waals surface area contributed by atoms with E-state index in [0.717, 1.165) is 6.42 Å². The van der Waals surface area contributed by atoms with Crippen molar-refractivity contribution in [2.45, 2.75) is 58.3 Å². The Kier molecular flexibility index (Phi) is 10.8. The summed E-state index contributed by atoms with van der Waals surface area (Å²) in [4.78, 5) is 3.99. The number of hydrogen-bond acceptors (Lipinski definition) is 2. The summed E-state index contributed by atoms with van der Waals surface area (Å²) in [6, 6.07) is 0. The standard InChI is InChI=1S/C10H22O2/c1-2-3-4-5-6-7-8-9-10-12-11/h11H,2-10H2,1H3. The van der Waals surface area contributed by atoms with Gasteiger partial charge in [-0.05, 0) is 6.42 Å². The van der Waals surface area contributed by atoms with Gasteiger partial charge in [0, 0.05) is 0 Å². The molecule has 2 nitrogen and oxygen atoms in total. The van der Waals surface area contributed by atoms with Crippen molar-refractivity contribution in [3.8, 4) is 0 Å². The van der Waals surface area contributed by atoms with E-state index in [4.69, 9.17) is 5.26 Å². The van der Waals surface area contributed by atoms with Gasteiger partial charge in [0.2, 0.25) is 0 Å². The van der Waals surface area contributed by atoms with Gasteiger partial charge in [0.15, 0.2) is 0 Å². The molecule has 0 aromatic heterocycles. The predicted molar refractivity (Wildman–Crippen MR) is 51.2 cm³/mol. The van der Waals surface area contributed by atoms with E-state index in [1.54, 1.807) is 0 Å². The first-order valence-corrected chi connectivity index (χ1v) is 5.18. The van der Waals surface area contributed by atoms with Crippen LogP contribution in [0.2, 0.25) is 0 Å². The van der Waals surface area contributed by atoms with Gasteiger partial charge in [-0.2, -0.15) is 0 Å². The molecule has 0 spiro atoms. The van der Waals surface area contributed by atoms with E-state index in [2.05, 4.69) is 11.8 Å². The Labute approximate surface area is 75.9 Å². The summed E-state index contributed by atoms with van der Waals surface area (Å²) in [6.45, 7) is 2.73. The van der Waals surface area contributed by atoms with Crippen molar-refractivity contribution in [1.29, 1.82) is 0 Å². The van der Waals surface area contributed by atoms with Gasteiger partial charge in [0.05, 0.1) is 6.61 Å². The van der Waals surface area contributed by atoms with Crippen LogP contribution in [0.3, 0.4) is 0 Å². The Morgan fingerprint density at radius 2 is 1.33 bits per heavy atom. The summed E-state index contributed by atoms with van der Waals surface area (Å²) in [6.07, 6.45) is 10.2. The molecule has 0 atom stereocenters. The Morgan fingerprint density at radius 3 is 1.83 bits per heavy atom. The largest absolute Gasteiger partial charge is 0.252 e. The lowest BCUT2D eigenvalue weighted by Gasteiger charge is -1.99. The zero-order chi connectivity index (χ0) is 9.07. The van der Waals surface area contributed by atoms with E-state index >= 15 is 0 Å². The Bertz CT molecular complexity index is 64.2. The average molecular weight is 174 g/mol. The maximum atomic E-state index is 8.04. The van der Waals surface area contributed by atoms with Crippen molar-refractivity contribution in [1.82, 2.24) is 0 Å². The van der Waals surface area contributed by atoms with Crippen LogP contribution in [0.4, 0.5) is 0 Å². The molecule has 0 unspecified atom stereocenters. The maximum Gasteiger partial charge on any atom is 0.0819 e. The number of hydrogen-bond donors (Lipinski definition) is 1. The molecule has 0 radical (unpaired) electrons. The fraction of sp³-hybridized carbons (Fsp3) is 1.00. The molecule has 0 aliphatic heterocycles. The quantitative estimate of drug-likeness (QED) is 0.328. The molecule has 12 heavy (non-hydrogen) atoms. The summed E-state index contributed by atoms with van der Waals surface area (Å²) in [7, 11) is 0. The molecule has 0 fully saturated rings. The average Bonchev–Trinajstić information content (AvgIpc) is 2.10. The lowest BCUT2D eigenvalue weighted by Crippen LogP contribution is -1.88. The summed E-state index contributed by atoms with van der Waals surface area (Å²) in [5.41, 5.74) is 0. The molecular formula is C10H22O2. The zero-order valence-corrected chi connectivity index (χ0v) is 8.22. The van der Waals surface area contributed by atoms with Gasteiger partial charge in [-0.1, -0.05) is 51.9 Å². The summed E-state index contributed by atoms with van der Waals surface area (Å²) >= 11 is 0. The summed E-state index contributed by atoms with van der Waals surface area (Å²) in [5, 5.41) is 8.04. The van der Waals surface area contributed by atoms with Gasteiger partial charge in [-0.3, -0.25) is 5.26 Å². The zero-order valence-electron chi connectivity index (χ0n) is 8.22. The third-order valence-corrected chi connectivity index (χ3v) is 2.09. The first kappa shape index (κ1) is 11.9. The van der Waals surface area contributed by atoms with E-state index in [-0.39, 0.29) is 0 Å². The van der Waals surface area contributed by atoms with Crippen LogP contribution in [0.5, 0.6) is 0 Å². The first-order chi connectivity index (χ1) is 5.91. The fourth-order valence-electron chi connectivity index (χ4n) is 1.30. The minimum Gasteiger partial charge on any atom is -0.252 e. The van der Waals surface area contributed by atoms with Gasteiger partial charge >= 0.3 is 0 Å². The number of unbranched alkanes of at least 4 members (excludes halogenated alkanes) is 7. The smallest absolute Gasteiger partial charge is 0.0819 e. The van der Waals surface area contributed by atoms with Crippen LogP contribution >= 0.6 is 0 Å². The SMILES string of the molecule is CCCCCCCCCCOO. The fourth-order valence-corrected chi connectivity index (χ4v) is 1.30. The molecule has 0 aromatic carbocycles. The highest BCUT2D eigenvalue weighted by Crippen LogP contribution is 2.07. The molecule has 0 aromatic rings. The van der Waals surface area contributed by atoms with Crippen LogP contribution in [0.25, 0.3) is 0 Å². The molecule has 0 rings (SSSR count). The Morgan fingerprint density at radius 1 is 0.833 bits per heavy atom. The van der Waals surface area contributed by atoms with E-state index in [9.17, 15) is 0 Å². The first-order valence-electron chi connectivity index (χ1n) is 5.18. The van der Waals surface area contributed by atoms with Gasteiger partial charge in [0.25, 0.3) is 0 Å². The second kappa shape index (κ2) is 10.9. The van der Waals surface area contributed by atoms with Gasteiger partial charge in [0.1, 0.15) is 0 Å².